The van der Waals surface area contributed by atoms with Crippen LogP contribution in [0.25, 0.3) is 11.1 Å². The quantitative estimate of drug-likeness (QED) is 0.926. The summed E-state index contributed by atoms with van der Waals surface area (Å²) in [6.45, 7) is 0. The highest BCUT2D eigenvalue weighted by Crippen LogP contribution is 2.40. The summed E-state index contributed by atoms with van der Waals surface area (Å²) in [5.74, 6) is 0.691. The van der Waals surface area contributed by atoms with Gasteiger partial charge < -0.3 is 10.5 Å². The van der Waals surface area contributed by atoms with Crippen molar-refractivity contribution in [3.63, 3.8) is 0 Å². The Morgan fingerprint density at radius 1 is 1.35 bits per heavy atom. The number of methoxy groups -OCH3 is 1. The van der Waals surface area contributed by atoms with Crippen LogP contribution in [0, 0.1) is 0 Å². The van der Waals surface area contributed by atoms with Gasteiger partial charge in [-0.25, -0.2) is 0 Å². The van der Waals surface area contributed by atoms with Gasteiger partial charge in [0.05, 0.1) is 11.3 Å². The number of nitrogens with two attached hydrogens (primary N) is 1. The summed E-state index contributed by atoms with van der Waals surface area (Å²) in [5.41, 5.74) is 9.23. The van der Waals surface area contributed by atoms with Crippen LogP contribution in [0.15, 0.2) is 24.5 Å². The van der Waals surface area contributed by atoms with Crippen molar-refractivity contribution in [2.45, 2.75) is 31.3 Å². The number of pyridine rings is 1. The predicted octanol–water partition coefficient (Wildman–Crippen LogP) is 2.18. The molecule has 1 aliphatic rings. The number of hydrogen-bond acceptors (Lipinski definition) is 4. The Balaban J connectivity index is 2.01. The van der Waals surface area contributed by atoms with Gasteiger partial charge in [-0.3, -0.25) is 9.67 Å². The number of aromatic nitrogens is 3. The van der Waals surface area contributed by atoms with E-state index >= 15 is 0 Å². The minimum Gasteiger partial charge on any atom is -0.383 e. The van der Waals surface area contributed by atoms with Gasteiger partial charge in [0, 0.05) is 38.5 Å². The molecule has 2 heterocycles. The molecule has 5 heteroatoms. The molecule has 2 N–H and O–H groups in total. The average Bonchev–Trinajstić information content (AvgIpc) is 2.70. The number of anilines is 1. The summed E-state index contributed by atoms with van der Waals surface area (Å²) in [5, 5.41) is 4.59. The van der Waals surface area contributed by atoms with Crippen molar-refractivity contribution in [3.05, 3.63) is 30.2 Å². The lowest BCUT2D eigenvalue weighted by molar-refractivity contribution is -0.0714. The molecule has 1 aliphatic carbocycles. The van der Waals surface area contributed by atoms with E-state index in [0.29, 0.717) is 5.82 Å². The maximum absolute atomic E-state index is 6.19. The average molecular weight is 272 g/mol. The largest absolute Gasteiger partial charge is 0.383 e. The van der Waals surface area contributed by atoms with Gasteiger partial charge >= 0.3 is 0 Å². The van der Waals surface area contributed by atoms with Gasteiger partial charge in [0.15, 0.2) is 0 Å². The van der Waals surface area contributed by atoms with Gasteiger partial charge in [0.2, 0.25) is 0 Å². The summed E-state index contributed by atoms with van der Waals surface area (Å²) < 4.78 is 7.46. The molecule has 2 aromatic heterocycles. The standard InChI is InChI=1S/C15H20N4O/c1-19-14(16)13(11-4-8-17-9-5-11)12(18-19)10-15(20-2)6-3-7-15/h4-5,8-9H,3,6-7,10,16H2,1-2H3. The van der Waals surface area contributed by atoms with Crippen molar-refractivity contribution in [2.75, 3.05) is 12.8 Å². The van der Waals surface area contributed by atoms with E-state index < -0.39 is 0 Å². The molecule has 1 fully saturated rings. The third-order valence-corrected chi connectivity index (χ3v) is 4.32. The van der Waals surface area contributed by atoms with Gasteiger partial charge in [-0.05, 0) is 37.0 Å². The molecular weight excluding hydrogens is 252 g/mol. The monoisotopic (exact) mass is 272 g/mol. The Kier molecular flexibility index (Phi) is 3.22. The van der Waals surface area contributed by atoms with Crippen LogP contribution in [0.4, 0.5) is 5.82 Å². The minimum atomic E-state index is -0.0530. The Hall–Kier alpha value is -1.88. The van der Waals surface area contributed by atoms with Crippen LogP contribution < -0.4 is 5.73 Å². The van der Waals surface area contributed by atoms with Crippen LogP contribution in [0.3, 0.4) is 0 Å². The van der Waals surface area contributed by atoms with Crippen molar-refractivity contribution in [3.8, 4) is 11.1 Å². The first kappa shape index (κ1) is 13.1. The van der Waals surface area contributed by atoms with Gasteiger partial charge in [-0.2, -0.15) is 5.10 Å². The number of aryl methyl sites for hydroxylation is 1. The van der Waals surface area contributed by atoms with Crippen LogP contribution in [-0.4, -0.2) is 27.5 Å². The van der Waals surface area contributed by atoms with Crippen LogP contribution in [0.1, 0.15) is 25.0 Å². The van der Waals surface area contributed by atoms with Crippen LogP contribution in [0.5, 0.6) is 0 Å². The highest BCUT2D eigenvalue weighted by Gasteiger charge is 2.38. The van der Waals surface area contributed by atoms with Gasteiger partial charge in [0.1, 0.15) is 5.82 Å². The minimum absolute atomic E-state index is 0.0530. The van der Waals surface area contributed by atoms with E-state index in [1.807, 2.05) is 19.2 Å². The molecule has 0 radical (unpaired) electrons. The molecule has 0 aliphatic heterocycles. The fourth-order valence-electron chi connectivity index (χ4n) is 2.88. The predicted molar refractivity (Wildman–Crippen MR) is 78.1 cm³/mol. The Morgan fingerprint density at radius 3 is 2.60 bits per heavy atom. The number of ether oxygens (including phenoxy) is 1. The molecule has 0 bridgehead atoms. The fourth-order valence-corrected chi connectivity index (χ4v) is 2.88. The maximum Gasteiger partial charge on any atom is 0.129 e. The number of nitrogens with zero attached hydrogens (tertiary/aromatic N) is 3. The molecule has 1 saturated carbocycles. The van der Waals surface area contributed by atoms with Crippen LogP contribution >= 0.6 is 0 Å². The number of nitrogen functional groups attached to an aromatic ring is 1. The first-order valence-electron chi connectivity index (χ1n) is 6.92. The molecule has 0 unspecified atom stereocenters. The number of rotatable bonds is 4. The van der Waals surface area contributed by atoms with Crippen molar-refractivity contribution in [1.29, 1.82) is 0 Å². The Labute approximate surface area is 118 Å². The molecule has 2 aromatic rings. The zero-order valence-electron chi connectivity index (χ0n) is 12.0. The van der Waals surface area contributed by atoms with E-state index in [2.05, 4.69) is 10.1 Å². The molecule has 0 spiro atoms. The lowest BCUT2D eigenvalue weighted by Gasteiger charge is -2.40. The summed E-state index contributed by atoms with van der Waals surface area (Å²) in [7, 11) is 3.67. The molecular formula is C15H20N4O. The van der Waals surface area contributed by atoms with Gasteiger partial charge in [0.25, 0.3) is 0 Å². The van der Waals surface area contributed by atoms with E-state index in [1.54, 1.807) is 24.2 Å². The smallest absolute Gasteiger partial charge is 0.129 e. The summed E-state index contributed by atoms with van der Waals surface area (Å²) in [4.78, 5) is 4.06. The molecule has 0 saturated heterocycles. The summed E-state index contributed by atoms with van der Waals surface area (Å²) >= 11 is 0. The van der Waals surface area contributed by atoms with Crippen molar-refractivity contribution < 1.29 is 4.74 Å². The lowest BCUT2D eigenvalue weighted by atomic mass is 9.76. The lowest BCUT2D eigenvalue weighted by Crippen LogP contribution is -2.41. The first-order valence-corrected chi connectivity index (χ1v) is 6.92. The Morgan fingerprint density at radius 2 is 2.05 bits per heavy atom. The summed E-state index contributed by atoms with van der Waals surface area (Å²) in [6, 6.07) is 3.94. The molecule has 0 aromatic carbocycles. The van der Waals surface area contributed by atoms with Crippen LogP contribution in [0.2, 0.25) is 0 Å². The molecule has 0 atom stereocenters. The molecule has 3 rings (SSSR count). The second-order valence-corrected chi connectivity index (χ2v) is 5.48. The van der Waals surface area contributed by atoms with E-state index in [-0.39, 0.29) is 5.60 Å². The molecule has 20 heavy (non-hydrogen) atoms. The highest BCUT2D eigenvalue weighted by atomic mass is 16.5. The SMILES string of the molecule is COC1(Cc2nn(C)c(N)c2-c2ccncc2)CCC1. The van der Waals surface area contributed by atoms with Gasteiger partial charge in [-0.15, -0.1) is 0 Å². The Bertz CT molecular complexity index is 596. The topological polar surface area (TPSA) is 66.0 Å². The first-order chi connectivity index (χ1) is 9.65. The molecule has 5 nitrogen and oxygen atoms in total. The number of hydrogen-bond donors (Lipinski definition) is 1. The van der Waals surface area contributed by atoms with E-state index in [0.717, 1.165) is 36.1 Å². The molecule has 106 valence electrons. The fraction of sp³-hybridized carbons (Fsp3) is 0.467. The molecule has 0 amide bonds. The zero-order valence-corrected chi connectivity index (χ0v) is 12.0. The van der Waals surface area contributed by atoms with Crippen LogP contribution in [-0.2, 0) is 18.2 Å². The van der Waals surface area contributed by atoms with Crippen molar-refractivity contribution >= 4 is 5.82 Å². The van der Waals surface area contributed by atoms with Gasteiger partial charge in [-0.1, -0.05) is 0 Å². The van der Waals surface area contributed by atoms with E-state index in [4.69, 9.17) is 10.5 Å². The van der Waals surface area contributed by atoms with Crippen molar-refractivity contribution in [1.82, 2.24) is 14.8 Å². The highest BCUT2D eigenvalue weighted by molar-refractivity contribution is 5.76. The zero-order chi connectivity index (χ0) is 14.2. The van der Waals surface area contributed by atoms with Crippen molar-refractivity contribution in [2.24, 2.45) is 7.05 Å². The van der Waals surface area contributed by atoms with E-state index in [9.17, 15) is 0 Å². The van der Waals surface area contributed by atoms with E-state index in [1.165, 1.54) is 6.42 Å². The maximum atomic E-state index is 6.19. The third kappa shape index (κ3) is 2.08. The normalized spacial score (nSPS) is 16.9. The second kappa shape index (κ2) is 4.90. The third-order valence-electron chi connectivity index (χ3n) is 4.32. The summed E-state index contributed by atoms with van der Waals surface area (Å²) in [6.07, 6.45) is 7.78. The second-order valence-electron chi connectivity index (χ2n) is 5.48.